The quantitative estimate of drug-likeness (QED) is 0.113. The Labute approximate surface area is 249 Å². The molecule has 3 aromatic carbocycles. The van der Waals surface area contributed by atoms with E-state index in [0.717, 1.165) is 33.0 Å². The van der Waals surface area contributed by atoms with Crippen molar-refractivity contribution in [2.24, 2.45) is 0 Å². The number of Topliss-reactive ketones (excluding diaryl/α,β-unsaturated/α-hetero) is 1. The minimum Gasteiger partial charge on any atom is -0.493 e. The monoisotopic (exact) mass is 582 g/mol. The van der Waals surface area contributed by atoms with Crippen LogP contribution in [0.25, 0.3) is 38.5 Å². The molecule has 2 aromatic heterocycles. The number of ketones is 1. The van der Waals surface area contributed by atoms with Gasteiger partial charge in [-0.05, 0) is 53.3 Å². The molecule has 0 fully saturated rings. The zero-order valence-electron chi connectivity index (χ0n) is 24.9. The van der Waals surface area contributed by atoms with Crippen LogP contribution in [0.2, 0.25) is 0 Å². The summed E-state index contributed by atoms with van der Waals surface area (Å²) in [6, 6.07) is 20.9. The summed E-state index contributed by atoms with van der Waals surface area (Å²) in [5.41, 5.74) is 3.88. The maximum absolute atomic E-state index is 14.1. The number of carbonyl (C=O) groups is 2. The summed E-state index contributed by atoms with van der Waals surface area (Å²) in [5, 5.41) is 4.43. The Bertz CT molecular complexity index is 1790. The molecule has 43 heavy (non-hydrogen) atoms. The number of amides is 1. The predicted octanol–water partition coefficient (Wildman–Crippen LogP) is 5.80. The van der Waals surface area contributed by atoms with Gasteiger partial charge in [-0.2, -0.15) is 0 Å². The van der Waals surface area contributed by atoms with Crippen molar-refractivity contribution in [2.45, 2.75) is 6.42 Å². The molecule has 9 nitrogen and oxygen atoms in total. The first-order chi connectivity index (χ1) is 21.0. The normalized spacial score (nSPS) is 11.0. The molecule has 5 rings (SSSR count). The average Bonchev–Trinajstić information content (AvgIpc) is 3.41. The van der Waals surface area contributed by atoms with Gasteiger partial charge in [-0.3, -0.25) is 9.59 Å². The molecule has 0 spiro atoms. The number of fused-ring (bicyclic) bond motifs is 3. The molecule has 0 unspecified atom stereocenters. The van der Waals surface area contributed by atoms with Gasteiger partial charge in [-0.25, -0.2) is 0 Å². The van der Waals surface area contributed by atoms with Crippen molar-refractivity contribution < 1.29 is 33.3 Å². The summed E-state index contributed by atoms with van der Waals surface area (Å²) in [6.07, 6.45) is 2.39. The lowest BCUT2D eigenvalue weighted by atomic mass is 9.93. The standard InChI is InChI=1S/C34H34N2O7/c1-39-17-9-15-35-34(38)33(37)32-29(21-10-7-6-8-11-21)30(23-12-13-25(40-2)26(19-23)41-3)31-24-20-28(43-5)27(42-4)18-22(24)14-16-36(31)32/h6-8,10-14,16,18-20H,9,15,17H2,1-5H3,(H,35,38). The maximum atomic E-state index is 14.1. The molecular weight excluding hydrogens is 548 g/mol. The number of pyridine rings is 1. The number of carbonyl (C=O) groups excluding carboxylic acids is 2. The van der Waals surface area contributed by atoms with Gasteiger partial charge < -0.3 is 33.4 Å². The van der Waals surface area contributed by atoms with Crippen molar-refractivity contribution in [1.82, 2.24) is 9.72 Å². The number of rotatable bonds is 12. The van der Waals surface area contributed by atoms with Crippen molar-refractivity contribution in [3.8, 4) is 45.3 Å². The van der Waals surface area contributed by atoms with Crippen LogP contribution in [0.5, 0.6) is 23.0 Å². The molecule has 5 aromatic rings. The van der Waals surface area contributed by atoms with E-state index in [4.69, 9.17) is 23.7 Å². The zero-order chi connectivity index (χ0) is 30.5. The van der Waals surface area contributed by atoms with Crippen LogP contribution in [0.1, 0.15) is 16.9 Å². The number of ether oxygens (including phenoxy) is 5. The highest BCUT2D eigenvalue weighted by atomic mass is 16.5. The number of nitrogens with zero attached hydrogens (tertiary/aromatic N) is 1. The highest BCUT2D eigenvalue weighted by Gasteiger charge is 2.30. The number of methoxy groups -OCH3 is 5. The molecule has 0 radical (unpaired) electrons. The second-order valence-electron chi connectivity index (χ2n) is 9.79. The third-order valence-electron chi connectivity index (χ3n) is 7.39. The van der Waals surface area contributed by atoms with Gasteiger partial charge in [0.1, 0.15) is 5.69 Å². The van der Waals surface area contributed by atoms with Crippen molar-refractivity contribution in [1.29, 1.82) is 0 Å². The average molecular weight is 583 g/mol. The first-order valence-electron chi connectivity index (χ1n) is 13.8. The number of aromatic nitrogens is 1. The maximum Gasteiger partial charge on any atom is 0.294 e. The summed E-state index contributed by atoms with van der Waals surface area (Å²) >= 11 is 0. The molecule has 1 amide bonds. The molecule has 1 N–H and O–H groups in total. The van der Waals surface area contributed by atoms with Crippen LogP contribution < -0.4 is 24.3 Å². The van der Waals surface area contributed by atoms with Gasteiger partial charge in [0.2, 0.25) is 0 Å². The van der Waals surface area contributed by atoms with Gasteiger partial charge in [0.25, 0.3) is 11.7 Å². The molecule has 0 aliphatic heterocycles. The van der Waals surface area contributed by atoms with E-state index in [-0.39, 0.29) is 5.69 Å². The fraction of sp³-hybridized carbons (Fsp3) is 0.235. The molecule has 0 saturated heterocycles. The molecule has 0 bridgehead atoms. The van der Waals surface area contributed by atoms with Gasteiger partial charge >= 0.3 is 0 Å². The van der Waals surface area contributed by atoms with Gasteiger partial charge in [0, 0.05) is 43.0 Å². The summed E-state index contributed by atoms with van der Waals surface area (Å²) in [4.78, 5) is 27.4. The first kappa shape index (κ1) is 29.5. The highest BCUT2D eigenvalue weighted by molar-refractivity contribution is 6.44. The number of benzene rings is 3. The van der Waals surface area contributed by atoms with E-state index < -0.39 is 11.7 Å². The molecule has 222 valence electrons. The summed E-state index contributed by atoms with van der Waals surface area (Å²) in [6.45, 7) is 0.781. The van der Waals surface area contributed by atoms with Gasteiger partial charge in [0.15, 0.2) is 23.0 Å². The van der Waals surface area contributed by atoms with Crippen LogP contribution in [0.3, 0.4) is 0 Å². The Morgan fingerprint density at radius 1 is 0.721 bits per heavy atom. The van der Waals surface area contributed by atoms with E-state index in [0.29, 0.717) is 48.1 Å². The first-order valence-corrected chi connectivity index (χ1v) is 13.8. The van der Waals surface area contributed by atoms with Crippen LogP contribution in [0.4, 0.5) is 0 Å². The molecule has 0 aliphatic carbocycles. The van der Waals surface area contributed by atoms with E-state index in [1.807, 2.05) is 72.9 Å². The lowest BCUT2D eigenvalue weighted by molar-refractivity contribution is -0.117. The summed E-state index contributed by atoms with van der Waals surface area (Å²) < 4.78 is 29.3. The van der Waals surface area contributed by atoms with E-state index >= 15 is 0 Å². The fourth-order valence-electron chi connectivity index (χ4n) is 5.38. The Kier molecular flexibility index (Phi) is 8.82. The van der Waals surface area contributed by atoms with Crippen molar-refractivity contribution in [3.63, 3.8) is 0 Å². The summed E-state index contributed by atoms with van der Waals surface area (Å²) in [7, 11) is 7.92. The van der Waals surface area contributed by atoms with Crippen LogP contribution >= 0.6 is 0 Å². The van der Waals surface area contributed by atoms with E-state index in [2.05, 4.69) is 5.32 Å². The van der Waals surface area contributed by atoms with Crippen LogP contribution in [-0.4, -0.2) is 64.8 Å². The van der Waals surface area contributed by atoms with E-state index in [9.17, 15) is 9.59 Å². The molecular formula is C34H34N2O7. The van der Waals surface area contributed by atoms with Gasteiger partial charge in [0.05, 0.1) is 34.0 Å². The second kappa shape index (κ2) is 12.9. The smallest absolute Gasteiger partial charge is 0.294 e. The fourth-order valence-corrected chi connectivity index (χ4v) is 5.38. The third-order valence-corrected chi connectivity index (χ3v) is 7.39. The molecule has 0 saturated carbocycles. The topological polar surface area (TPSA) is 96.7 Å². The Hall–Kier alpha value is -5.02. The van der Waals surface area contributed by atoms with Crippen LogP contribution in [0, 0.1) is 0 Å². The number of hydrogen-bond acceptors (Lipinski definition) is 7. The zero-order valence-corrected chi connectivity index (χ0v) is 24.9. The summed E-state index contributed by atoms with van der Waals surface area (Å²) in [5.74, 6) is 0.860. The third kappa shape index (κ3) is 5.47. The number of hydrogen-bond donors (Lipinski definition) is 1. The van der Waals surface area contributed by atoms with E-state index in [1.165, 1.54) is 0 Å². The largest absolute Gasteiger partial charge is 0.493 e. The Balaban J connectivity index is 1.90. The lowest BCUT2D eigenvalue weighted by Crippen LogP contribution is -2.33. The predicted molar refractivity (Wildman–Crippen MR) is 166 cm³/mol. The second-order valence-corrected chi connectivity index (χ2v) is 9.79. The van der Waals surface area contributed by atoms with Crippen molar-refractivity contribution in [2.75, 3.05) is 48.7 Å². The van der Waals surface area contributed by atoms with Crippen LogP contribution in [0.15, 0.2) is 72.9 Å². The van der Waals surface area contributed by atoms with Crippen LogP contribution in [-0.2, 0) is 9.53 Å². The Morgan fingerprint density at radius 2 is 1.40 bits per heavy atom. The molecule has 2 heterocycles. The molecule has 0 aliphatic rings. The van der Waals surface area contributed by atoms with Gasteiger partial charge in [-0.1, -0.05) is 36.4 Å². The minimum absolute atomic E-state index is 0.243. The SMILES string of the molecule is COCCCNC(=O)C(=O)c1c(-c2ccccc2)c(-c2ccc(OC)c(OC)c2)c2c3cc(OC)c(OC)cc3ccn12. The van der Waals surface area contributed by atoms with Crippen molar-refractivity contribution in [3.05, 3.63) is 78.6 Å². The molecule has 9 heteroatoms. The van der Waals surface area contributed by atoms with Gasteiger partial charge in [-0.15, -0.1) is 0 Å². The number of nitrogens with one attached hydrogen (secondary N) is 1. The minimum atomic E-state index is -0.695. The lowest BCUT2D eigenvalue weighted by Gasteiger charge is -2.13. The Morgan fingerprint density at radius 3 is 2.07 bits per heavy atom. The van der Waals surface area contributed by atoms with E-state index in [1.54, 1.807) is 39.9 Å². The van der Waals surface area contributed by atoms with Crippen molar-refractivity contribution >= 4 is 28.0 Å². The highest BCUT2D eigenvalue weighted by Crippen LogP contribution is 2.46. The molecule has 0 atom stereocenters.